The zero-order valence-corrected chi connectivity index (χ0v) is 31.7. The molecular weight excluding hydrogens is 816 g/mol. The maximum atomic E-state index is 12.0. The van der Waals surface area contributed by atoms with Crippen LogP contribution in [0.2, 0.25) is 0 Å². The van der Waals surface area contributed by atoms with Gasteiger partial charge in [0.15, 0.2) is 0 Å². The van der Waals surface area contributed by atoms with Gasteiger partial charge in [0.05, 0.1) is 10.7 Å². The van der Waals surface area contributed by atoms with Crippen molar-refractivity contribution < 1.29 is 39.4 Å². The average molecular weight is 857 g/mol. The van der Waals surface area contributed by atoms with Crippen LogP contribution in [0.3, 0.4) is 0 Å². The fraction of sp³-hybridized carbons (Fsp3) is 0.100. The van der Waals surface area contributed by atoms with Gasteiger partial charge < -0.3 is 23.8 Å². The molecule has 1 N–H and O–H groups in total. The minimum atomic E-state index is -0.346. The van der Waals surface area contributed by atoms with Gasteiger partial charge in [0.1, 0.15) is 11.4 Å². The third-order valence-electron chi connectivity index (χ3n) is 6.39. The summed E-state index contributed by atoms with van der Waals surface area (Å²) >= 11 is -0.346. The van der Waals surface area contributed by atoms with E-state index < -0.39 is 0 Å². The molecule has 0 atom stereocenters. The number of rotatable bonds is 6. The van der Waals surface area contributed by atoms with Gasteiger partial charge in [-0.1, -0.05) is 80.2 Å². The van der Waals surface area contributed by atoms with Crippen molar-refractivity contribution in [3.05, 3.63) is 192 Å². The Kier molecular flexibility index (Phi) is 27.9. The molecule has 0 saturated carbocycles. The molecule has 14 heteroatoms. The molecule has 4 heterocycles. The summed E-state index contributed by atoms with van der Waals surface area (Å²) in [4.78, 5) is 55.5. The first-order valence-electron chi connectivity index (χ1n) is 15.2. The fourth-order valence-corrected chi connectivity index (χ4v) is 4.17. The zero-order valence-electron chi connectivity index (χ0n) is 28.5. The normalized spacial score (nSPS) is 8.89. The predicted molar refractivity (Wildman–Crippen MR) is 208 cm³/mol. The van der Waals surface area contributed by atoms with Crippen LogP contribution in [-0.2, 0) is 37.8 Å². The van der Waals surface area contributed by atoms with E-state index in [-0.39, 0.29) is 34.4 Å². The molecule has 282 valence electrons. The molecule has 0 aliphatic rings. The van der Waals surface area contributed by atoms with Crippen molar-refractivity contribution >= 4 is 44.8 Å². The van der Waals surface area contributed by atoms with Crippen LogP contribution in [0.5, 0.6) is 0 Å². The van der Waals surface area contributed by atoms with Crippen LogP contribution in [0.25, 0.3) is 0 Å². The van der Waals surface area contributed by atoms with E-state index in [9.17, 15) is 9.59 Å². The van der Waals surface area contributed by atoms with E-state index in [2.05, 4.69) is 57.8 Å². The molecule has 2 aromatic carbocycles. The first-order valence-corrected chi connectivity index (χ1v) is 19.7. The Morgan fingerprint density at radius 1 is 0.574 bits per heavy atom. The molecule has 0 aliphatic heterocycles. The van der Waals surface area contributed by atoms with E-state index in [1.165, 1.54) is 11.1 Å². The summed E-state index contributed by atoms with van der Waals surface area (Å²) in [5.41, 5.74) is 3.15. The Morgan fingerprint density at radius 3 is 1.15 bits per heavy atom. The summed E-state index contributed by atoms with van der Waals surface area (Å²) in [6, 6.07) is 38.1. The summed E-state index contributed by atoms with van der Waals surface area (Å²) in [6.07, 6.45) is 10.8. The van der Waals surface area contributed by atoms with Gasteiger partial charge >= 0.3 is 34.5 Å². The van der Waals surface area contributed by atoms with Crippen molar-refractivity contribution in [3.8, 4) is 0 Å². The van der Waals surface area contributed by atoms with Gasteiger partial charge in [0.25, 0.3) is 11.8 Å². The third kappa shape index (κ3) is 19.4. The molecule has 0 unspecified atom stereocenters. The summed E-state index contributed by atoms with van der Waals surface area (Å²) in [6.45, 7) is 8.07. The Hall–Kier alpha value is -5.52. The van der Waals surface area contributed by atoms with Crippen LogP contribution in [0.1, 0.15) is 39.5 Å². The molecule has 11 nitrogen and oxygen atoms in total. The van der Waals surface area contributed by atoms with Gasteiger partial charge in [-0.25, -0.2) is 9.98 Å². The minimum absolute atomic E-state index is 0. The van der Waals surface area contributed by atoms with E-state index in [1.807, 2.05) is 94.6 Å². The zero-order chi connectivity index (χ0) is 39.1. The monoisotopic (exact) mass is 856 g/mol. The van der Waals surface area contributed by atoms with Crippen LogP contribution in [0.15, 0.2) is 168 Å². The molecule has 0 spiro atoms. The van der Waals surface area contributed by atoms with Crippen LogP contribution in [-0.4, -0.2) is 56.7 Å². The number of pyridine rings is 4. The first-order chi connectivity index (χ1) is 26.0. The number of aromatic nitrogens is 4. The van der Waals surface area contributed by atoms with E-state index in [0.29, 0.717) is 22.1 Å². The molecule has 0 fully saturated rings. The quantitative estimate of drug-likeness (QED) is 0.116. The van der Waals surface area contributed by atoms with Crippen molar-refractivity contribution in [2.45, 2.75) is 20.5 Å². The number of benzene rings is 2. The SMILES string of the molecule is C.CO.O=C(N=c1ccn(Cc2ccccc2)cc1)c1ccccn1.O=C(N=c1ccn(Cc2ccccc2)cc1)c1ccccn1.[CH-]=O.[CH-]=O.[Cl][Ru+2][Cl]. The van der Waals surface area contributed by atoms with Crippen molar-refractivity contribution in [2.24, 2.45) is 9.98 Å². The van der Waals surface area contributed by atoms with Gasteiger partial charge in [0, 0.05) is 57.4 Å². The second-order valence-electron chi connectivity index (χ2n) is 9.74. The number of carbonyl (C=O) groups excluding carboxylic acids is 4. The Balaban J connectivity index is 0.000000846. The number of halogens is 2. The third-order valence-corrected chi connectivity index (χ3v) is 6.39. The number of carbonyl (C=O) groups is 2. The molecular formula is C40H40Cl2N6O5Ru. The van der Waals surface area contributed by atoms with Crippen LogP contribution < -0.4 is 10.7 Å². The molecule has 2 amide bonds. The van der Waals surface area contributed by atoms with E-state index >= 15 is 0 Å². The number of hydrogen-bond acceptors (Lipinski definition) is 7. The molecule has 0 bridgehead atoms. The van der Waals surface area contributed by atoms with Crippen molar-refractivity contribution in [3.63, 3.8) is 0 Å². The fourth-order valence-electron chi connectivity index (χ4n) is 4.17. The van der Waals surface area contributed by atoms with Gasteiger partial charge in [-0.3, -0.25) is 33.1 Å². The van der Waals surface area contributed by atoms with Crippen molar-refractivity contribution in [2.75, 3.05) is 7.11 Å². The standard InChI is InChI=1S/2C18H15N3O.CH4O.2CHO.CH4.2ClH.Ru/c2*22-18(17-8-4-5-11-19-17)20-16-9-12-21(13-10-16)14-15-6-2-1-3-7-15;3*1-2;;;;/h2*1-13H,14H2;2H,1H3;2*1H;1H4;2*1H;/q;;;2*-1;;;;+4/p-2. The number of amides is 2. The number of nitrogens with zero attached hydrogens (tertiary/aromatic N) is 6. The summed E-state index contributed by atoms with van der Waals surface area (Å²) in [5.74, 6) is -0.664. The summed E-state index contributed by atoms with van der Waals surface area (Å²) < 4.78 is 4.08. The van der Waals surface area contributed by atoms with E-state index in [0.717, 1.165) is 20.2 Å². The molecule has 54 heavy (non-hydrogen) atoms. The van der Waals surface area contributed by atoms with Crippen molar-refractivity contribution in [1.29, 1.82) is 0 Å². The molecule has 0 saturated heterocycles. The average Bonchev–Trinajstić information content (AvgIpc) is 3.23. The Labute approximate surface area is 331 Å². The van der Waals surface area contributed by atoms with Crippen LogP contribution in [0, 0.1) is 0 Å². The van der Waals surface area contributed by atoms with Crippen LogP contribution >= 0.6 is 19.4 Å². The van der Waals surface area contributed by atoms with E-state index in [4.69, 9.17) is 34.1 Å². The first kappa shape index (κ1) is 48.5. The summed E-state index contributed by atoms with van der Waals surface area (Å²) in [7, 11) is 10.7. The van der Waals surface area contributed by atoms with E-state index in [1.54, 1.807) is 48.8 Å². The second-order valence-corrected chi connectivity index (χ2v) is 12.4. The van der Waals surface area contributed by atoms with Crippen molar-refractivity contribution in [1.82, 2.24) is 19.1 Å². The topological polar surface area (TPSA) is 149 Å². The van der Waals surface area contributed by atoms with Gasteiger partial charge in [-0.05, 0) is 59.7 Å². The van der Waals surface area contributed by atoms with Gasteiger partial charge in [-0.15, -0.1) is 0 Å². The van der Waals surface area contributed by atoms with Crippen LogP contribution in [0.4, 0.5) is 0 Å². The molecule has 0 aliphatic carbocycles. The van der Waals surface area contributed by atoms with Gasteiger partial charge in [0.2, 0.25) is 0 Å². The Bertz CT molecular complexity index is 1830. The summed E-state index contributed by atoms with van der Waals surface area (Å²) in [5, 5.41) is 8.25. The number of aliphatic hydroxyl groups excluding tert-OH is 1. The molecule has 4 aromatic heterocycles. The van der Waals surface area contributed by atoms with Gasteiger partial charge in [-0.2, -0.15) is 0 Å². The molecule has 0 radical (unpaired) electrons. The molecule has 6 aromatic rings. The number of aliphatic hydroxyl groups is 1. The predicted octanol–water partition coefficient (Wildman–Crippen LogP) is 6.42. The molecule has 6 rings (SSSR count). The maximum absolute atomic E-state index is 12.0. The Morgan fingerprint density at radius 2 is 0.870 bits per heavy atom. The second kappa shape index (κ2) is 31.0. The number of hydrogen-bond donors (Lipinski definition) is 1.